The summed E-state index contributed by atoms with van der Waals surface area (Å²) in [4.78, 5) is 12.1. The van der Waals surface area contributed by atoms with E-state index in [1.807, 2.05) is 0 Å². The number of amides is 1. The zero-order valence-corrected chi connectivity index (χ0v) is 10.9. The van der Waals surface area contributed by atoms with Gasteiger partial charge in [0, 0.05) is 17.3 Å². The van der Waals surface area contributed by atoms with Gasteiger partial charge in [0.25, 0.3) is 5.91 Å². The lowest BCUT2D eigenvalue weighted by Gasteiger charge is -2.18. The molecule has 6 heteroatoms. The second-order valence-electron chi connectivity index (χ2n) is 4.48. The maximum absolute atomic E-state index is 13.2. The molecular weight excluding hydrogens is 277 g/mol. The summed E-state index contributed by atoms with van der Waals surface area (Å²) >= 11 is 0. The number of phenolic OH excluding ortho intramolecular Hbond substituents is 1. The normalized spacial score (nSPS) is 12.8. The van der Waals surface area contributed by atoms with Crippen molar-refractivity contribution >= 4 is 11.6 Å². The number of hydrogen-bond donors (Lipinski definition) is 2. The van der Waals surface area contributed by atoms with Gasteiger partial charge in [-0.05, 0) is 30.3 Å². The number of aromatic hydroxyl groups is 1. The van der Waals surface area contributed by atoms with Crippen molar-refractivity contribution in [2.24, 2.45) is 0 Å². The quantitative estimate of drug-likeness (QED) is 0.834. The van der Waals surface area contributed by atoms with Gasteiger partial charge in [0.1, 0.15) is 13.2 Å². The summed E-state index contributed by atoms with van der Waals surface area (Å²) in [5, 5.41) is 11.7. The summed E-state index contributed by atoms with van der Waals surface area (Å²) in [6.07, 6.45) is 0. The van der Waals surface area contributed by atoms with Crippen molar-refractivity contribution in [3.8, 4) is 17.2 Å². The molecule has 0 unspecified atom stereocenters. The van der Waals surface area contributed by atoms with E-state index in [1.54, 1.807) is 18.2 Å². The van der Waals surface area contributed by atoms with Crippen molar-refractivity contribution in [2.75, 3.05) is 18.5 Å². The highest BCUT2D eigenvalue weighted by Gasteiger charge is 2.15. The highest BCUT2D eigenvalue weighted by molar-refractivity contribution is 6.04. The smallest absolute Gasteiger partial charge is 0.255 e. The molecule has 2 aromatic rings. The van der Waals surface area contributed by atoms with Crippen LogP contribution in [0.2, 0.25) is 0 Å². The molecule has 1 aliphatic heterocycles. The van der Waals surface area contributed by atoms with E-state index in [9.17, 15) is 9.18 Å². The lowest BCUT2D eigenvalue weighted by atomic mass is 10.1. The average Bonchev–Trinajstić information content (AvgIpc) is 2.50. The third kappa shape index (κ3) is 2.74. The van der Waals surface area contributed by atoms with Gasteiger partial charge in [0.15, 0.2) is 23.1 Å². The van der Waals surface area contributed by atoms with E-state index >= 15 is 0 Å². The number of carbonyl (C=O) groups excluding carboxylic acids is 1. The number of rotatable bonds is 2. The summed E-state index contributed by atoms with van der Waals surface area (Å²) in [6.45, 7) is 0.909. The number of benzene rings is 2. The third-order valence-corrected chi connectivity index (χ3v) is 3.01. The van der Waals surface area contributed by atoms with Gasteiger partial charge in [0.2, 0.25) is 0 Å². The molecule has 0 radical (unpaired) electrons. The molecule has 5 nitrogen and oxygen atoms in total. The number of anilines is 1. The molecule has 0 spiro atoms. The Labute approximate surface area is 119 Å². The average molecular weight is 289 g/mol. The molecular formula is C15H12FNO4. The second-order valence-corrected chi connectivity index (χ2v) is 4.48. The Bertz CT molecular complexity index is 702. The summed E-state index contributed by atoms with van der Waals surface area (Å²) in [7, 11) is 0. The highest BCUT2D eigenvalue weighted by atomic mass is 19.1. The zero-order chi connectivity index (χ0) is 14.8. The summed E-state index contributed by atoms with van der Waals surface area (Å²) in [5.41, 5.74) is 0.623. The third-order valence-electron chi connectivity index (χ3n) is 3.01. The molecule has 3 rings (SSSR count). The largest absolute Gasteiger partial charge is 0.505 e. The molecule has 1 aliphatic rings. The van der Waals surface area contributed by atoms with Crippen molar-refractivity contribution < 1.29 is 23.8 Å². The van der Waals surface area contributed by atoms with Crippen molar-refractivity contribution in [2.45, 2.75) is 0 Å². The SMILES string of the molecule is O=C(Nc1ccc(O)c(F)c1)c1ccc2c(c1)OCCO2. The molecule has 1 heterocycles. The summed E-state index contributed by atoms with van der Waals surface area (Å²) < 4.78 is 24.0. The molecule has 0 saturated heterocycles. The van der Waals surface area contributed by atoms with Crippen molar-refractivity contribution in [1.29, 1.82) is 0 Å². The Kier molecular flexibility index (Phi) is 3.35. The highest BCUT2D eigenvalue weighted by Crippen LogP contribution is 2.31. The Morgan fingerprint density at radius 3 is 2.62 bits per heavy atom. The molecule has 0 bridgehead atoms. The summed E-state index contributed by atoms with van der Waals surface area (Å²) in [6, 6.07) is 8.45. The van der Waals surface area contributed by atoms with Crippen LogP contribution in [-0.2, 0) is 0 Å². The van der Waals surface area contributed by atoms with Crippen LogP contribution >= 0.6 is 0 Å². The molecule has 0 aromatic heterocycles. The Balaban J connectivity index is 1.80. The van der Waals surface area contributed by atoms with E-state index in [0.29, 0.717) is 30.3 Å². The Hall–Kier alpha value is -2.76. The number of carbonyl (C=O) groups is 1. The van der Waals surface area contributed by atoms with Crippen LogP contribution in [0.1, 0.15) is 10.4 Å². The van der Waals surface area contributed by atoms with Gasteiger partial charge in [-0.2, -0.15) is 0 Å². The van der Waals surface area contributed by atoms with Crippen LogP contribution in [0, 0.1) is 5.82 Å². The van der Waals surface area contributed by atoms with Gasteiger partial charge in [-0.25, -0.2) is 4.39 Å². The predicted octanol–water partition coefficient (Wildman–Crippen LogP) is 2.55. The molecule has 108 valence electrons. The molecule has 2 aromatic carbocycles. The van der Waals surface area contributed by atoms with Gasteiger partial charge in [-0.1, -0.05) is 0 Å². The van der Waals surface area contributed by atoms with Crippen LogP contribution in [0.15, 0.2) is 36.4 Å². The first-order valence-corrected chi connectivity index (χ1v) is 6.33. The first kappa shape index (κ1) is 13.2. The van der Waals surface area contributed by atoms with Crippen LogP contribution < -0.4 is 14.8 Å². The van der Waals surface area contributed by atoms with E-state index < -0.39 is 17.5 Å². The van der Waals surface area contributed by atoms with Gasteiger partial charge >= 0.3 is 0 Å². The van der Waals surface area contributed by atoms with E-state index in [2.05, 4.69) is 5.32 Å². The van der Waals surface area contributed by atoms with E-state index in [-0.39, 0.29) is 5.69 Å². The minimum absolute atomic E-state index is 0.255. The van der Waals surface area contributed by atoms with E-state index in [0.717, 1.165) is 6.07 Å². The summed E-state index contributed by atoms with van der Waals surface area (Å²) in [5.74, 6) is -0.571. The van der Waals surface area contributed by atoms with Crippen molar-refractivity contribution in [3.05, 3.63) is 47.8 Å². The van der Waals surface area contributed by atoms with Gasteiger partial charge < -0.3 is 19.9 Å². The maximum atomic E-state index is 13.2. The van der Waals surface area contributed by atoms with Crippen LogP contribution in [0.3, 0.4) is 0 Å². The lowest BCUT2D eigenvalue weighted by Crippen LogP contribution is -2.17. The van der Waals surface area contributed by atoms with Crippen molar-refractivity contribution in [3.63, 3.8) is 0 Å². The fourth-order valence-corrected chi connectivity index (χ4v) is 1.97. The second kappa shape index (κ2) is 5.32. The molecule has 0 fully saturated rings. The van der Waals surface area contributed by atoms with E-state index in [1.165, 1.54) is 12.1 Å². The number of fused-ring (bicyclic) bond motifs is 1. The monoisotopic (exact) mass is 289 g/mol. The molecule has 0 aliphatic carbocycles. The van der Waals surface area contributed by atoms with Gasteiger partial charge in [-0.15, -0.1) is 0 Å². The number of halogens is 1. The number of hydrogen-bond acceptors (Lipinski definition) is 4. The van der Waals surface area contributed by atoms with Crippen molar-refractivity contribution in [1.82, 2.24) is 0 Å². The first-order valence-electron chi connectivity index (χ1n) is 6.33. The van der Waals surface area contributed by atoms with Crippen LogP contribution in [0.5, 0.6) is 17.2 Å². The fourth-order valence-electron chi connectivity index (χ4n) is 1.97. The zero-order valence-electron chi connectivity index (χ0n) is 10.9. The Morgan fingerprint density at radius 1 is 1.10 bits per heavy atom. The minimum Gasteiger partial charge on any atom is -0.505 e. The molecule has 21 heavy (non-hydrogen) atoms. The molecule has 0 saturated carbocycles. The molecule has 2 N–H and O–H groups in total. The standard InChI is InChI=1S/C15H12FNO4/c16-11-8-10(2-3-12(11)18)17-15(19)9-1-4-13-14(7-9)21-6-5-20-13/h1-4,7-8,18H,5-6H2,(H,17,19). The van der Waals surface area contributed by atoms with Crippen LogP contribution in [0.4, 0.5) is 10.1 Å². The van der Waals surface area contributed by atoms with Crippen LogP contribution in [0.25, 0.3) is 0 Å². The van der Waals surface area contributed by atoms with E-state index in [4.69, 9.17) is 14.6 Å². The van der Waals surface area contributed by atoms with Crippen LogP contribution in [-0.4, -0.2) is 24.2 Å². The fraction of sp³-hybridized carbons (Fsp3) is 0.133. The minimum atomic E-state index is -0.796. The topological polar surface area (TPSA) is 67.8 Å². The first-order chi connectivity index (χ1) is 10.1. The van der Waals surface area contributed by atoms with Gasteiger partial charge in [-0.3, -0.25) is 4.79 Å². The number of ether oxygens (including phenoxy) is 2. The maximum Gasteiger partial charge on any atom is 0.255 e. The predicted molar refractivity (Wildman–Crippen MR) is 73.5 cm³/mol. The Morgan fingerprint density at radius 2 is 1.86 bits per heavy atom. The molecule has 0 atom stereocenters. The molecule has 1 amide bonds. The van der Waals surface area contributed by atoms with Gasteiger partial charge in [0.05, 0.1) is 0 Å². The lowest BCUT2D eigenvalue weighted by molar-refractivity contribution is 0.102. The number of phenols is 1. The number of nitrogens with one attached hydrogen (secondary N) is 1.